The topological polar surface area (TPSA) is 82.8 Å². The van der Waals surface area contributed by atoms with Crippen LogP contribution in [0.4, 0.5) is 5.69 Å². The van der Waals surface area contributed by atoms with Crippen molar-refractivity contribution in [3.8, 4) is 17.6 Å². The summed E-state index contributed by atoms with van der Waals surface area (Å²) in [6.45, 7) is 1.87. The highest BCUT2D eigenvalue weighted by Gasteiger charge is 2.17. The molecular formula is C26H24N2O4. The van der Waals surface area contributed by atoms with Crippen molar-refractivity contribution in [1.82, 2.24) is 4.90 Å². The quantitative estimate of drug-likeness (QED) is 0.614. The summed E-state index contributed by atoms with van der Waals surface area (Å²) in [4.78, 5) is 25.9. The third-order valence-corrected chi connectivity index (χ3v) is 5.39. The molecule has 6 nitrogen and oxygen atoms in total. The lowest BCUT2D eigenvalue weighted by Crippen LogP contribution is -2.35. The number of carbonyl (C=O) groups is 1. The number of rotatable bonds is 4. The third-order valence-electron chi connectivity index (χ3n) is 5.39. The van der Waals surface area contributed by atoms with Crippen LogP contribution in [0.2, 0.25) is 0 Å². The van der Waals surface area contributed by atoms with Crippen molar-refractivity contribution in [2.24, 2.45) is 0 Å². The summed E-state index contributed by atoms with van der Waals surface area (Å²) in [5.74, 6) is 6.13. The Hall–Kier alpha value is -3.98. The highest BCUT2D eigenvalue weighted by Crippen LogP contribution is 2.16. The van der Waals surface area contributed by atoms with Crippen molar-refractivity contribution >= 4 is 11.6 Å². The lowest BCUT2D eigenvalue weighted by Gasteiger charge is -2.26. The Bertz CT molecular complexity index is 1200. The van der Waals surface area contributed by atoms with E-state index in [9.17, 15) is 14.7 Å². The standard InChI is InChI=1S/C26H24N2O4/c29-23-14-17-32-24(25(23)30)18-27-22-12-8-20(9-13-22)5-4-19-6-10-21(11-7-19)26(31)28-15-2-1-3-16-28/h6-14,17,27,30H,1-3,15-16,18H2. The first kappa shape index (κ1) is 21.3. The van der Waals surface area contributed by atoms with Gasteiger partial charge in [-0.15, -0.1) is 0 Å². The molecule has 162 valence electrons. The number of hydrogen-bond donors (Lipinski definition) is 2. The van der Waals surface area contributed by atoms with Crippen LogP contribution in [0.5, 0.6) is 5.75 Å². The smallest absolute Gasteiger partial charge is 0.253 e. The van der Waals surface area contributed by atoms with Crippen molar-refractivity contribution in [1.29, 1.82) is 0 Å². The van der Waals surface area contributed by atoms with Gasteiger partial charge in [-0.3, -0.25) is 9.59 Å². The number of benzene rings is 2. The zero-order chi connectivity index (χ0) is 22.3. The molecule has 1 aromatic heterocycles. The fourth-order valence-corrected chi connectivity index (χ4v) is 3.55. The summed E-state index contributed by atoms with van der Waals surface area (Å²) < 4.78 is 5.17. The van der Waals surface area contributed by atoms with Gasteiger partial charge < -0.3 is 19.7 Å². The number of piperidine rings is 1. The molecule has 0 atom stereocenters. The molecule has 0 spiro atoms. The maximum absolute atomic E-state index is 12.6. The summed E-state index contributed by atoms with van der Waals surface area (Å²) in [7, 11) is 0. The molecule has 32 heavy (non-hydrogen) atoms. The number of likely N-dealkylation sites (tertiary alicyclic amines) is 1. The van der Waals surface area contributed by atoms with Gasteiger partial charge in [0.25, 0.3) is 5.91 Å². The molecule has 0 saturated carbocycles. The summed E-state index contributed by atoms with van der Waals surface area (Å²) >= 11 is 0. The van der Waals surface area contributed by atoms with Crippen LogP contribution in [0.1, 0.15) is 46.5 Å². The largest absolute Gasteiger partial charge is 0.502 e. The molecule has 0 bridgehead atoms. The Morgan fingerprint density at radius 1 is 0.938 bits per heavy atom. The van der Waals surface area contributed by atoms with E-state index >= 15 is 0 Å². The normalized spacial score (nSPS) is 13.2. The number of amides is 1. The Balaban J connectivity index is 1.35. The number of nitrogens with zero attached hydrogens (tertiary/aromatic N) is 1. The van der Waals surface area contributed by atoms with Crippen LogP contribution in [-0.4, -0.2) is 29.0 Å². The lowest BCUT2D eigenvalue weighted by molar-refractivity contribution is 0.0724. The van der Waals surface area contributed by atoms with Gasteiger partial charge in [0.2, 0.25) is 11.2 Å². The number of hydrogen-bond acceptors (Lipinski definition) is 5. The predicted molar refractivity (Wildman–Crippen MR) is 123 cm³/mol. The van der Waals surface area contributed by atoms with E-state index < -0.39 is 5.43 Å². The van der Waals surface area contributed by atoms with Crippen LogP contribution < -0.4 is 10.7 Å². The molecule has 2 N–H and O–H groups in total. The monoisotopic (exact) mass is 428 g/mol. The van der Waals surface area contributed by atoms with E-state index in [1.54, 1.807) is 0 Å². The van der Waals surface area contributed by atoms with Gasteiger partial charge in [-0.25, -0.2) is 0 Å². The van der Waals surface area contributed by atoms with Gasteiger partial charge in [-0.1, -0.05) is 11.8 Å². The fraction of sp³-hybridized carbons (Fsp3) is 0.231. The van der Waals surface area contributed by atoms with Crippen LogP contribution in [0.15, 0.2) is 70.1 Å². The summed E-state index contributed by atoms with van der Waals surface area (Å²) in [6, 6.07) is 16.1. The summed E-state index contributed by atoms with van der Waals surface area (Å²) in [5, 5.41) is 12.8. The van der Waals surface area contributed by atoms with Crippen LogP contribution >= 0.6 is 0 Å². The maximum Gasteiger partial charge on any atom is 0.253 e. The predicted octanol–water partition coefficient (Wildman–Crippen LogP) is 3.98. The first-order valence-corrected chi connectivity index (χ1v) is 10.6. The van der Waals surface area contributed by atoms with Gasteiger partial charge in [0, 0.05) is 41.5 Å². The van der Waals surface area contributed by atoms with Crippen molar-refractivity contribution in [2.75, 3.05) is 18.4 Å². The van der Waals surface area contributed by atoms with Gasteiger partial charge >= 0.3 is 0 Å². The van der Waals surface area contributed by atoms with E-state index in [4.69, 9.17) is 4.42 Å². The minimum absolute atomic E-state index is 0.0930. The molecule has 2 heterocycles. The maximum atomic E-state index is 12.6. The SMILES string of the molecule is O=C(c1ccc(C#Cc2ccc(NCc3occc(=O)c3O)cc2)cc1)N1CCCCC1. The number of aromatic hydroxyl groups is 1. The van der Waals surface area contributed by atoms with Crippen LogP contribution in [0.3, 0.4) is 0 Å². The molecule has 0 radical (unpaired) electrons. The zero-order valence-corrected chi connectivity index (χ0v) is 17.6. The number of carbonyl (C=O) groups excluding carboxylic acids is 1. The van der Waals surface area contributed by atoms with E-state index in [0.29, 0.717) is 5.56 Å². The van der Waals surface area contributed by atoms with E-state index in [1.807, 2.05) is 53.4 Å². The molecule has 1 fully saturated rings. The minimum atomic E-state index is -0.470. The van der Waals surface area contributed by atoms with Crippen molar-refractivity contribution in [3.63, 3.8) is 0 Å². The molecule has 6 heteroatoms. The minimum Gasteiger partial charge on any atom is -0.502 e. The molecule has 1 amide bonds. The summed E-state index contributed by atoms with van der Waals surface area (Å²) in [5.41, 5.74) is 2.73. The van der Waals surface area contributed by atoms with E-state index in [0.717, 1.165) is 42.7 Å². The van der Waals surface area contributed by atoms with Crippen molar-refractivity contribution in [2.45, 2.75) is 25.8 Å². The van der Waals surface area contributed by atoms with Crippen molar-refractivity contribution < 1.29 is 14.3 Å². The lowest BCUT2D eigenvalue weighted by atomic mass is 10.1. The fourth-order valence-electron chi connectivity index (χ4n) is 3.55. The first-order valence-electron chi connectivity index (χ1n) is 10.6. The highest BCUT2D eigenvalue weighted by atomic mass is 16.4. The van der Waals surface area contributed by atoms with Gasteiger partial charge in [-0.2, -0.15) is 0 Å². The second-order valence-corrected chi connectivity index (χ2v) is 7.67. The molecule has 3 aromatic rings. The van der Waals surface area contributed by atoms with Gasteiger partial charge in [0.1, 0.15) is 0 Å². The molecule has 1 aliphatic rings. The summed E-state index contributed by atoms with van der Waals surface area (Å²) in [6.07, 6.45) is 4.61. The Morgan fingerprint density at radius 3 is 2.22 bits per heavy atom. The average Bonchev–Trinajstić information content (AvgIpc) is 2.85. The second kappa shape index (κ2) is 9.88. The molecular weight excluding hydrogens is 404 g/mol. The molecule has 1 saturated heterocycles. The van der Waals surface area contributed by atoms with Crippen molar-refractivity contribution in [3.05, 3.63) is 93.5 Å². The first-order chi connectivity index (χ1) is 15.6. The van der Waals surface area contributed by atoms with Crippen LogP contribution in [0.25, 0.3) is 0 Å². The Morgan fingerprint density at radius 2 is 1.56 bits per heavy atom. The van der Waals surface area contributed by atoms with Gasteiger partial charge in [0.05, 0.1) is 12.8 Å². The highest BCUT2D eigenvalue weighted by molar-refractivity contribution is 5.94. The van der Waals surface area contributed by atoms with Crippen LogP contribution in [-0.2, 0) is 6.54 Å². The van der Waals surface area contributed by atoms with E-state index in [-0.39, 0.29) is 24.0 Å². The molecule has 2 aromatic carbocycles. The number of anilines is 1. The molecule has 1 aliphatic heterocycles. The van der Waals surface area contributed by atoms with E-state index in [1.165, 1.54) is 18.8 Å². The Kier molecular flexibility index (Phi) is 6.57. The Labute approximate surface area is 186 Å². The second-order valence-electron chi connectivity index (χ2n) is 7.67. The molecule has 0 aliphatic carbocycles. The van der Waals surface area contributed by atoms with Gasteiger partial charge in [0.15, 0.2) is 5.76 Å². The van der Waals surface area contributed by atoms with E-state index in [2.05, 4.69) is 17.2 Å². The van der Waals surface area contributed by atoms with Gasteiger partial charge in [-0.05, 0) is 67.8 Å². The van der Waals surface area contributed by atoms with Crippen LogP contribution in [0, 0.1) is 11.8 Å². The third kappa shape index (κ3) is 5.19. The molecule has 0 unspecified atom stereocenters. The average molecular weight is 428 g/mol. The zero-order valence-electron chi connectivity index (χ0n) is 17.6. The molecule has 4 rings (SSSR count). The number of nitrogens with one attached hydrogen (secondary N) is 1.